The Labute approximate surface area is 73.1 Å². The summed E-state index contributed by atoms with van der Waals surface area (Å²) in [5.41, 5.74) is 10.6. The molecule has 0 aliphatic rings. The lowest BCUT2D eigenvalue weighted by atomic mass is 10.2. The number of hydrogen-bond acceptors (Lipinski definition) is 4. The number of rotatable bonds is 1. The first kappa shape index (κ1) is 8.61. The van der Waals surface area contributed by atoms with E-state index in [2.05, 4.69) is 0 Å². The molecule has 0 saturated heterocycles. The molecule has 64 valence electrons. The molecule has 0 aromatic heterocycles. The Kier molecular flexibility index (Phi) is 2.05. The van der Waals surface area contributed by atoms with E-state index in [1.165, 1.54) is 12.1 Å². The lowest BCUT2D eigenvalue weighted by Crippen LogP contribution is -1.98. The number of nitrogens with zero attached hydrogens (tertiary/aromatic N) is 1. The first-order chi connectivity index (χ1) is 5.54. The van der Waals surface area contributed by atoms with Gasteiger partial charge in [0, 0.05) is 6.07 Å². The van der Waals surface area contributed by atoms with Gasteiger partial charge in [-0.2, -0.15) is 0 Å². The minimum atomic E-state index is -0.610. The summed E-state index contributed by atoms with van der Waals surface area (Å²) in [7, 11) is 0. The molecule has 0 aliphatic heterocycles. The SMILES string of the molecule is Nc1ccc([N+](=O)[O-])c(N)c1Cl. The summed E-state index contributed by atoms with van der Waals surface area (Å²) in [6.07, 6.45) is 0. The van der Waals surface area contributed by atoms with Gasteiger partial charge in [0.25, 0.3) is 5.69 Å². The standard InChI is InChI=1S/C6H6ClN3O2/c7-5-3(8)1-2-4(6(5)9)10(11)12/h1-2H,8-9H2. The van der Waals surface area contributed by atoms with Crippen molar-refractivity contribution in [2.24, 2.45) is 0 Å². The maximum atomic E-state index is 10.3. The van der Waals surface area contributed by atoms with Crippen LogP contribution in [-0.4, -0.2) is 4.92 Å². The van der Waals surface area contributed by atoms with Crippen molar-refractivity contribution in [3.8, 4) is 0 Å². The first-order valence-corrected chi connectivity index (χ1v) is 3.39. The Morgan fingerprint density at radius 2 is 2.00 bits per heavy atom. The Morgan fingerprint density at radius 3 is 2.50 bits per heavy atom. The molecule has 0 fully saturated rings. The number of benzene rings is 1. The molecule has 5 nitrogen and oxygen atoms in total. The smallest absolute Gasteiger partial charge is 0.293 e. The van der Waals surface area contributed by atoms with E-state index < -0.39 is 4.92 Å². The van der Waals surface area contributed by atoms with E-state index in [0.29, 0.717) is 0 Å². The minimum Gasteiger partial charge on any atom is -0.397 e. The van der Waals surface area contributed by atoms with Gasteiger partial charge in [-0.3, -0.25) is 10.1 Å². The Balaban J connectivity index is 3.36. The lowest BCUT2D eigenvalue weighted by Gasteiger charge is -2.01. The Hall–Kier alpha value is -1.49. The molecule has 6 heteroatoms. The second kappa shape index (κ2) is 2.86. The second-order valence-corrected chi connectivity index (χ2v) is 2.54. The number of nitrogen functional groups attached to an aromatic ring is 2. The number of nitro benzene ring substituents is 1. The van der Waals surface area contributed by atoms with E-state index in [1.807, 2.05) is 0 Å². The molecule has 1 aromatic carbocycles. The van der Waals surface area contributed by atoms with E-state index in [9.17, 15) is 10.1 Å². The summed E-state index contributed by atoms with van der Waals surface area (Å²) in [6.45, 7) is 0. The van der Waals surface area contributed by atoms with Gasteiger partial charge in [-0.1, -0.05) is 11.6 Å². The summed E-state index contributed by atoms with van der Waals surface area (Å²) < 4.78 is 0. The van der Waals surface area contributed by atoms with Crippen LogP contribution in [0.15, 0.2) is 12.1 Å². The number of hydrogen-bond donors (Lipinski definition) is 2. The average Bonchev–Trinajstić information content (AvgIpc) is 2.00. The first-order valence-electron chi connectivity index (χ1n) is 3.02. The third kappa shape index (κ3) is 1.26. The van der Waals surface area contributed by atoms with Crippen LogP contribution in [0.4, 0.5) is 17.1 Å². The van der Waals surface area contributed by atoms with Gasteiger partial charge < -0.3 is 11.5 Å². The fraction of sp³-hybridized carbons (Fsp3) is 0. The summed E-state index contributed by atoms with van der Waals surface area (Å²) >= 11 is 5.57. The zero-order valence-corrected chi connectivity index (χ0v) is 6.71. The topological polar surface area (TPSA) is 95.2 Å². The van der Waals surface area contributed by atoms with Crippen LogP contribution in [0.25, 0.3) is 0 Å². The summed E-state index contributed by atoms with van der Waals surface area (Å²) in [4.78, 5) is 9.70. The van der Waals surface area contributed by atoms with Crippen molar-refractivity contribution >= 4 is 28.7 Å². The molecule has 12 heavy (non-hydrogen) atoms. The number of nitrogens with two attached hydrogens (primary N) is 2. The zero-order chi connectivity index (χ0) is 9.30. The summed E-state index contributed by atoms with van der Waals surface area (Å²) in [6, 6.07) is 2.56. The van der Waals surface area contributed by atoms with Crippen molar-refractivity contribution in [1.82, 2.24) is 0 Å². The van der Waals surface area contributed by atoms with Crippen molar-refractivity contribution in [3.05, 3.63) is 27.3 Å². The maximum Gasteiger partial charge on any atom is 0.293 e. The van der Waals surface area contributed by atoms with Crippen molar-refractivity contribution in [3.63, 3.8) is 0 Å². The third-order valence-electron chi connectivity index (χ3n) is 1.38. The number of anilines is 2. The summed E-state index contributed by atoms with van der Waals surface area (Å²) in [5, 5.41) is 10.3. The van der Waals surface area contributed by atoms with Crippen LogP contribution in [0.5, 0.6) is 0 Å². The van der Waals surface area contributed by atoms with E-state index in [0.717, 1.165) is 0 Å². The highest BCUT2D eigenvalue weighted by Crippen LogP contribution is 2.33. The van der Waals surface area contributed by atoms with Crippen LogP contribution in [0.3, 0.4) is 0 Å². The van der Waals surface area contributed by atoms with Crippen LogP contribution in [-0.2, 0) is 0 Å². The Bertz CT molecular complexity index is 340. The number of halogens is 1. The monoisotopic (exact) mass is 187 g/mol. The predicted molar refractivity (Wildman–Crippen MR) is 46.9 cm³/mol. The van der Waals surface area contributed by atoms with E-state index in [4.69, 9.17) is 23.1 Å². The molecule has 0 atom stereocenters. The quantitative estimate of drug-likeness (QED) is 0.395. The molecule has 0 amide bonds. The average molecular weight is 188 g/mol. The highest BCUT2D eigenvalue weighted by Gasteiger charge is 2.15. The molecule has 0 aliphatic carbocycles. The van der Waals surface area contributed by atoms with Crippen LogP contribution in [0, 0.1) is 10.1 Å². The largest absolute Gasteiger partial charge is 0.397 e. The third-order valence-corrected chi connectivity index (χ3v) is 1.81. The normalized spacial score (nSPS) is 9.75. The molecular formula is C6H6ClN3O2. The Morgan fingerprint density at radius 1 is 1.42 bits per heavy atom. The fourth-order valence-corrected chi connectivity index (χ4v) is 0.919. The van der Waals surface area contributed by atoms with Crippen molar-refractivity contribution < 1.29 is 4.92 Å². The van der Waals surface area contributed by atoms with Gasteiger partial charge in [-0.25, -0.2) is 0 Å². The molecular weight excluding hydrogens is 182 g/mol. The molecule has 0 bridgehead atoms. The highest BCUT2D eigenvalue weighted by atomic mass is 35.5. The number of nitro groups is 1. The lowest BCUT2D eigenvalue weighted by molar-refractivity contribution is -0.383. The van der Waals surface area contributed by atoms with Crippen LogP contribution >= 0.6 is 11.6 Å². The molecule has 4 N–H and O–H groups in total. The van der Waals surface area contributed by atoms with Crippen LogP contribution < -0.4 is 11.5 Å². The van der Waals surface area contributed by atoms with Crippen molar-refractivity contribution in [2.75, 3.05) is 11.5 Å². The predicted octanol–water partition coefficient (Wildman–Crippen LogP) is 1.41. The maximum absolute atomic E-state index is 10.3. The van der Waals surface area contributed by atoms with Crippen molar-refractivity contribution in [2.45, 2.75) is 0 Å². The summed E-state index contributed by atoms with van der Waals surface area (Å²) in [5.74, 6) is 0. The van der Waals surface area contributed by atoms with Gasteiger partial charge in [0.05, 0.1) is 15.6 Å². The molecule has 0 heterocycles. The second-order valence-electron chi connectivity index (χ2n) is 2.16. The van der Waals surface area contributed by atoms with Gasteiger partial charge in [-0.15, -0.1) is 0 Å². The van der Waals surface area contributed by atoms with E-state index >= 15 is 0 Å². The molecule has 0 radical (unpaired) electrons. The van der Waals surface area contributed by atoms with E-state index in [-0.39, 0.29) is 22.1 Å². The van der Waals surface area contributed by atoms with Crippen molar-refractivity contribution in [1.29, 1.82) is 0 Å². The zero-order valence-electron chi connectivity index (χ0n) is 5.95. The van der Waals surface area contributed by atoms with Gasteiger partial charge in [-0.05, 0) is 6.07 Å². The van der Waals surface area contributed by atoms with E-state index in [1.54, 1.807) is 0 Å². The van der Waals surface area contributed by atoms with Gasteiger partial charge >= 0.3 is 0 Å². The molecule has 0 spiro atoms. The molecule has 0 saturated carbocycles. The molecule has 0 unspecified atom stereocenters. The van der Waals surface area contributed by atoms with Crippen LogP contribution in [0.2, 0.25) is 5.02 Å². The van der Waals surface area contributed by atoms with Gasteiger partial charge in [0.15, 0.2) is 0 Å². The van der Waals surface area contributed by atoms with Gasteiger partial charge in [0.2, 0.25) is 0 Å². The molecule has 1 rings (SSSR count). The fourth-order valence-electron chi connectivity index (χ4n) is 0.759. The minimum absolute atomic E-state index is 0.0317. The molecule has 1 aromatic rings. The van der Waals surface area contributed by atoms with Crippen LogP contribution in [0.1, 0.15) is 0 Å². The highest BCUT2D eigenvalue weighted by molar-refractivity contribution is 6.36. The van der Waals surface area contributed by atoms with Gasteiger partial charge in [0.1, 0.15) is 5.69 Å².